The summed E-state index contributed by atoms with van der Waals surface area (Å²) in [5.74, 6) is 1.62. The van der Waals surface area contributed by atoms with E-state index in [0.717, 1.165) is 18.3 Å². The number of rotatable bonds is 5. The van der Waals surface area contributed by atoms with E-state index in [-0.39, 0.29) is 0 Å². The maximum atomic E-state index is 3.86. The molecule has 0 aromatic heterocycles. The van der Waals surface area contributed by atoms with Crippen LogP contribution in [0.3, 0.4) is 0 Å². The standard InChI is InChI=1S/C18H23/c1-3-7-15-11-13-17(14-12-15)18-10-6-5-9-16(18)8-4-2/h3-4,6,9-10,15,17H,1-2,7-8,11-14H2. The summed E-state index contributed by atoms with van der Waals surface area (Å²) in [6, 6.07) is 9.64. The number of allylic oxidation sites excluding steroid dienone is 2. The Bertz CT molecular complexity index is 394. The van der Waals surface area contributed by atoms with E-state index in [4.69, 9.17) is 0 Å². The molecule has 0 saturated heterocycles. The Morgan fingerprint density at radius 3 is 2.61 bits per heavy atom. The van der Waals surface area contributed by atoms with E-state index in [0.29, 0.717) is 0 Å². The summed E-state index contributed by atoms with van der Waals surface area (Å²) >= 11 is 0. The summed E-state index contributed by atoms with van der Waals surface area (Å²) < 4.78 is 0. The van der Waals surface area contributed by atoms with Crippen molar-refractivity contribution in [1.29, 1.82) is 0 Å². The van der Waals surface area contributed by atoms with Gasteiger partial charge in [0, 0.05) is 0 Å². The fourth-order valence-corrected chi connectivity index (χ4v) is 3.15. The van der Waals surface area contributed by atoms with Crippen molar-refractivity contribution in [2.75, 3.05) is 0 Å². The first kappa shape index (κ1) is 13.1. The lowest BCUT2D eigenvalue weighted by atomic mass is 9.76. The number of hydrogen-bond donors (Lipinski definition) is 0. The zero-order valence-electron chi connectivity index (χ0n) is 11.2. The molecular weight excluding hydrogens is 216 g/mol. The van der Waals surface area contributed by atoms with Crippen molar-refractivity contribution in [1.82, 2.24) is 0 Å². The van der Waals surface area contributed by atoms with Crippen LogP contribution in [-0.4, -0.2) is 0 Å². The van der Waals surface area contributed by atoms with Gasteiger partial charge in [-0.1, -0.05) is 30.4 Å². The molecule has 0 unspecified atom stereocenters. The molecule has 0 amide bonds. The van der Waals surface area contributed by atoms with Crippen molar-refractivity contribution >= 4 is 0 Å². The molecule has 95 valence electrons. The number of hydrogen-bond acceptors (Lipinski definition) is 0. The highest BCUT2D eigenvalue weighted by Crippen LogP contribution is 2.38. The largest absolute Gasteiger partial charge is 0.103 e. The maximum absolute atomic E-state index is 3.86. The summed E-state index contributed by atoms with van der Waals surface area (Å²) in [5, 5.41) is 0. The van der Waals surface area contributed by atoms with Crippen LogP contribution >= 0.6 is 0 Å². The van der Waals surface area contributed by atoms with Gasteiger partial charge in [-0.3, -0.25) is 0 Å². The summed E-state index contributed by atoms with van der Waals surface area (Å²) in [6.45, 7) is 7.71. The van der Waals surface area contributed by atoms with Crippen molar-refractivity contribution in [3.63, 3.8) is 0 Å². The van der Waals surface area contributed by atoms with E-state index in [1.807, 2.05) is 6.08 Å². The Balaban J connectivity index is 2.04. The molecule has 0 atom stereocenters. The van der Waals surface area contributed by atoms with Crippen LogP contribution < -0.4 is 0 Å². The van der Waals surface area contributed by atoms with Crippen LogP contribution in [0.2, 0.25) is 0 Å². The minimum Gasteiger partial charge on any atom is -0.103 e. The van der Waals surface area contributed by atoms with Gasteiger partial charge in [-0.25, -0.2) is 0 Å². The zero-order chi connectivity index (χ0) is 12.8. The van der Waals surface area contributed by atoms with Gasteiger partial charge < -0.3 is 0 Å². The lowest BCUT2D eigenvalue weighted by Gasteiger charge is -2.29. The smallest absolute Gasteiger partial charge is 0.00971 e. The Hall–Kier alpha value is -1.30. The third kappa shape index (κ3) is 3.13. The van der Waals surface area contributed by atoms with Gasteiger partial charge in [-0.2, -0.15) is 0 Å². The number of benzene rings is 1. The van der Waals surface area contributed by atoms with Crippen molar-refractivity contribution in [2.24, 2.45) is 5.92 Å². The van der Waals surface area contributed by atoms with Gasteiger partial charge in [-0.05, 0) is 67.6 Å². The van der Waals surface area contributed by atoms with E-state index in [1.54, 1.807) is 0 Å². The van der Waals surface area contributed by atoms with Crippen LogP contribution in [0.5, 0.6) is 0 Å². The molecule has 1 radical (unpaired) electrons. The van der Waals surface area contributed by atoms with Gasteiger partial charge in [0.2, 0.25) is 0 Å². The second-order valence-electron chi connectivity index (χ2n) is 5.36. The molecule has 0 spiro atoms. The summed E-state index contributed by atoms with van der Waals surface area (Å²) in [5.41, 5.74) is 2.95. The predicted molar refractivity (Wildman–Crippen MR) is 78.7 cm³/mol. The molecule has 0 bridgehead atoms. The van der Waals surface area contributed by atoms with E-state index >= 15 is 0 Å². The monoisotopic (exact) mass is 239 g/mol. The van der Waals surface area contributed by atoms with Crippen LogP contribution in [0, 0.1) is 12.0 Å². The molecule has 0 nitrogen and oxygen atoms in total. The van der Waals surface area contributed by atoms with E-state index in [2.05, 4.69) is 43.5 Å². The highest BCUT2D eigenvalue weighted by molar-refractivity contribution is 5.31. The highest BCUT2D eigenvalue weighted by atomic mass is 14.3. The van der Waals surface area contributed by atoms with Crippen LogP contribution in [-0.2, 0) is 6.42 Å². The molecular formula is C18H23. The van der Waals surface area contributed by atoms with E-state index in [1.165, 1.54) is 43.2 Å². The summed E-state index contributed by atoms with van der Waals surface area (Å²) in [4.78, 5) is 0. The Labute approximate surface area is 111 Å². The second kappa shape index (κ2) is 6.58. The van der Waals surface area contributed by atoms with Crippen LogP contribution in [0.15, 0.2) is 43.5 Å². The van der Waals surface area contributed by atoms with E-state index < -0.39 is 0 Å². The lowest BCUT2D eigenvalue weighted by Crippen LogP contribution is -2.14. The van der Waals surface area contributed by atoms with E-state index in [9.17, 15) is 0 Å². The third-order valence-corrected chi connectivity index (χ3v) is 4.14. The van der Waals surface area contributed by atoms with Gasteiger partial charge in [-0.15, -0.1) is 13.2 Å². The first-order chi connectivity index (χ1) is 8.85. The highest BCUT2D eigenvalue weighted by Gasteiger charge is 2.22. The van der Waals surface area contributed by atoms with Gasteiger partial charge in [0.25, 0.3) is 0 Å². The molecule has 2 rings (SSSR count). The van der Waals surface area contributed by atoms with Crippen molar-refractivity contribution in [3.05, 3.63) is 60.7 Å². The van der Waals surface area contributed by atoms with Crippen LogP contribution in [0.1, 0.15) is 49.1 Å². The van der Waals surface area contributed by atoms with Gasteiger partial charge in [0.1, 0.15) is 0 Å². The topological polar surface area (TPSA) is 0 Å². The van der Waals surface area contributed by atoms with Gasteiger partial charge in [0.05, 0.1) is 0 Å². The Morgan fingerprint density at radius 2 is 1.94 bits per heavy atom. The minimum absolute atomic E-state index is 0.746. The Morgan fingerprint density at radius 1 is 1.17 bits per heavy atom. The molecule has 0 heteroatoms. The molecule has 0 aliphatic heterocycles. The third-order valence-electron chi connectivity index (χ3n) is 4.14. The average molecular weight is 239 g/mol. The first-order valence-corrected chi connectivity index (χ1v) is 7.05. The molecule has 1 aliphatic rings. The van der Waals surface area contributed by atoms with Crippen molar-refractivity contribution < 1.29 is 0 Å². The van der Waals surface area contributed by atoms with Gasteiger partial charge >= 0.3 is 0 Å². The van der Waals surface area contributed by atoms with Crippen molar-refractivity contribution in [3.8, 4) is 0 Å². The molecule has 1 fully saturated rings. The minimum atomic E-state index is 0.746. The summed E-state index contributed by atoms with van der Waals surface area (Å²) in [7, 11) is 0. The normalized spacial score (nSPS) is 23.6. The predicted octanol–water partition coefficient (Wildman–Crippen LogP) is 5.07. The molecule has 0 heterocycles. The first-order valence-electron chi connectivity index (χ1n) is 7.05. The fraction of sp³-hybridized carbons (Fsp3) is 0.444. The van der Waals surface area contributed by atoms with Crippen LogP contribution in [0.25, 0.3) is 0 Å². The van der Waals surface area contributed by atoms with Crippen LogP contribution in [0.4, 0.5) is 0 Å². The molecule has 1 aliphatic carbocycles. The summed E-state index contributed by atoms with van der Waals surface area (Å²) in [6.07, 6.45) is 11.6. The molecule has 1 aromatic carbocycles. The molecule has 18 heavy (non-hydrogen) atoms. The quantitative estimate of drug-likeness (QED) is 0.630. The average Bonchev–Trinajstić information content (AvgIpc) is 2.41. The zero-order valence-corrected chi connectivity index (χ0v) is 11.2. The Kier molecular flexibility index (Phi) is 4.81. The molecule has 1 saturated carbocycles. The fourth-order valence-electron chi connectivity index (χ4n) is 3.15. The second-order valence-corrected chi connectivity index (χ2v) is 5.36. The molecule has 1 aromatic rings. The van der Waals surface area contributed by atoms with Crippen molar-refractivity contribution in [2.45, 2.75) is 44.4 Å². The molecule has 0 N–H and O–H groups in total. The van der Waals surface area contributed by atoms with Gasteiger partial charge in [0.15, 0.2) is 0 Å². The maximum Gasteiger partial charge on any atom is -0.00971 e. The SMILES string of the molecule is C=CCc1c[c]ccc1C1CCC(CC=C)CC1. The lowest BCUT2D eigenvalue weighted by molar-refractivity contribution is 0.328.